The number of benzene rings is 2. The fourth-order valence-electron chi connectivity index (χ4n) is 3.12. The number of aryl methyl sites for hydroxylation is 1. The Balaban J connectivity index is 1.71. The van der Waals surface area contributed by atoms with Crippen molar-refractivity contribution in [1.29, 1.82) is 0 Å². The van der Waals surface area contributed by atoms with Gasteiger partial charge in [0.25, 0.3) is 0 Å². The standard InChI is InChI=1S/C19H22N2O2S/c1-22-14-10-11-17(18(12-14)23-2)21-19(24)20-16-9-5-7-13-6-3-4-8-15(13)16/h3-4,6,8,10-12,16H,5,7,9H2,1-2H3,(H2,20,21,24). The predicted molar refractivity (Wildman–Crippen MR) is 101 cm³/mol. The highest BCUT2D eigenvalue weighted by molar-refractivity contribution is 7.80. The highest BCUT2D eigenvalue weighted by Gasteiger charge is 2.20. The summed E-state index contributed by atoms with van der Waals surface area (Å²) in [5, 5.41) is 7.26. The van der Waals surface area contributed by atoms with E-state index < -0.39 is 0 Å². The second-order valence-electron chi connectivity index (χ2n) is 5.81. The lowest BCUT2D eigenvalue weighted by molar-refractivity contribution is 0.395. The Bertz CT molecular complexity index is 733. The molecule has 0 heterocycles. The van der Waals surface area contributed by atoms with E-state index in [0.717, 1.165) is 24.3 Å². The largest absolute Gasteiger partial charge is 0.497 e. The van der Waals surface area contributed by atoms with Gasteiger partial charge in [-0.3, -0.25) is 0 Å². The quantitative estimate of drug-likeness (QED) is 0.820. The number of fused-ring (bicyclic) bond motifs is 1. The number of nitrogens with one attached hydrogen (secondary N) is 2. The minimum absolute atomic E-state index is 0.249. The molecule has 0 aliphatic heterocycles. The van der Waals surface area contributed by atoms with Gasteiger partial charge in [-0.05, 0) is 54.7 Å². The van der Waals surface area contributed by atoms with E-state index in [0.29, 0.717) is 10.9 Å². The third kappa shape index (κ3) is 3.62. The summed E-state index contributed by atoms with van der Waals surface area (Å²) in [5.41, 5.74) is 3.57. The van der Waals surface area contributed by atoms with Crippen molar-refractivity contribution in [2.45, 2.75) is 25.3 Å². The molecular formula is C19H22N2O2S. The normalized spacial score (nSPS) is 16.0. The molecule has 126 valence electrons. The fraction of sp³-hybridized carbons (Fsp3) is 0.316. The zero-order valence-electron chi connectivity index (χ0n) is 14.0. The van der Waals surface area contributed by atoms with Gasteiger partial charge in [-0.1, -0.05) is 24.3 Å². The van der Waals surface area contributed by atoms with Crippen molar-refractivity contribution >= 4 is 23.0 Å². The van der Waals surface area contributed by atoms with Crippen LogP contribution in [0.15, 0.2) is 42.5 Å². The summed E-state index contributed by atoms with van der Waals surface area (Å²) in [6.07, 6.45) is 3.39. The van der Waals surface area contributed by atoms with Crippen LogP contribution in [0.5, 0.6) is 11.5 Å². The molecule has 5 heteroatoms. The van der Waals surface area contributed by atoms with Gasteiger partial charge >= 0.3 is 0 Å². The van der Waals surface area contributed by atoms with Crippen LogP contribution in [0.25, 0.3) is 0 Å². The minimum atomic E-state index is 0.249. The first-order chi connectivity index (χ1) is 11.7. The van der Waals surface area contributed by atoms with Crippen LogP contribution in [-0.4, -0.2) is 19.3 Å². The fourth-order valence-corrected chi connectivity index (χ4v) is 3.37. The number of hydrogen-bond acceptors (Lipinski definition) is 3. The highest BCUT2D eigenvalue weighted by atomic mass is 32.1. The molecule has 0 fully saturated rings. The number of thiocarbonyl (C=S) groups is 1. The van der Waals surface area contributed by atoms with E-state index in [2.05, 4.69) is 34.9 Å². The first-order valence-corrected chi connectivity index (χ1v) is 8.49. The summed E-state index contributed by atoms with van der Waals surface area (Å²) in [4.78, 5) is 0. The first-order valence-electron chi connectivity index (χ1n) is 8.08. The molecule has 24 heavy (non-hydrogen) atoms. The Morgan fingerprint density at radius 1 is 1.12 bits per heavy atom. The van der Waals surface area contributed by atoms with Gasteiger partial charge < -0.3 is 20.1 Å². The summed E-state index contributed by atoms with van der Waals surface area (Å²) in [6, 6.07) is 14.4. The number of ether oxygens (including phenoxy) is 2. The zero-order chi connectivity index (χ0) is 16.9. The maximum absolute atomic E-state index is 5.51. The molecule has 0 aromatic heterocycles. The molecule has 3 rings (SSSR count). The van der Waals surface area contributed by atoms with Crippen molar-refractivity contribution in [2.24, 2.45) is 0 Å². The van der Waals surface area contributed by atoms with Crippen molar-refractivity contribution in [1.82, 2.24) is 5.32 Å². The van der Waals surface area contributed by atoms with Crippen molar-refractivity contribution in [3.63, 3.8) is 0 Å². The van der Waals surface area contributed by atoms with Crippen LogP contribution in [0, 0.1) is 0 Å². The van der Waals surface area contributed by atoms with Crippen LogP contribution < -0.4 is 20.1 Å². The number of hydrogen-bond donors (Lipinski definition) is 2. The molecule has 0 saturated heterocycles. The Morgan fingerprint density at radius 2 is 1.96 bits per heavy atom. The average Bonchev–Trinajstić information content (AvgIpc) is 2.62. The Kier molecular flexibility index (Phi) is 5.20. The highest BCUT2D eigenvalue weighted by Crippen LogP contribution is 2.31. The Labute approximate surface area is 148 Å². The monoisotopic (exact) mass is 342 g/mol. The molecule has 4 nitrogen and oxygen atoms in total. The van der Waals surface area contributed by atoms with Gasteiger partial charge in [-0.25, -0.2) is 0 Å². The molecule has 1 aliphatic carbocycles. The second kappa shape index (κ2) is 7.53. The molecule has 0 radical (unpaired) electrons. The summed E-state index contributed by atoms with van der Waals surface area (Å²) < 4.78 is 10.6. The van der Waals surface area contributed by atoms with E-state index in [9.17, 15) is 0 Å². The summed E-state index contributed by atoms with van der Waals surface area (Å²) in [5.74, 6) is 1.44. The molecular weight excluding hydrogens is 320 g/mol. The van der Waals surface area contributed by atoms with Gasteiger partial charge in [-0.2, -0.15) is 0 Å². The van der Waals surface area contributed by atoms with Crippen molar-refractivity contribution in [2.75, 3.05) is 19.5 Å². The van der Waals surface area contributed by atoms with Crippen molar-refractivity contribution in [3.8, 4) is 11.5 Å². The summed E-state index contributed by atoms with van der Waals surface area (Å²) in [7, 11) is 3.27. The maximum Gasteiger partial charge on any atom is 0.171 e. The number of methoxy groups -OCH3 is 2. The molecule has 0 amide bonds. The SMILES string of the molecule is COc1ccc(NC(=S)NC2CCCc3ccccc32)c(OC)c1. The van der Waals surface area contributed by atoms with Gasteiger partial charge in [0, 0.05) is 6.07 Å². The van der Waals surface area contributed by atoms with Gasteiger partial charge in [0.05, 0.1) is 25.9 Å². The van der Waals surface area contributed by atoms with E-state index in [4.69, 9.17) is 21.7 Å². The minimum Gasteiger partial charge on any atom is -0.497 e. The third-order valence-electron chi connectivity index (χ3n) is 4.33. The van der Waals surface area contributed by atoms with E-state index in [1.54, 1.807) is 14.2 Å². The number of rotatable bonds is 4. The first kappa shape index (κ1) is 16.6. The lowest BCUT2D eigenvalue weighted by Crippen LogP contribution is -2.34. The Morgan fingerprint density at radius 3 is 2.75 bits per heavy atom. The second-order valence-corrected chi connectivity index (χ2v) is 6.22. The van der Waals surface area contributed by atoms with Crippen molar-refractivity contribution in [3.05, 3.63) is 53.6 Å². The van der Waals surface area contributed by atoms with Crippen LogP contribution in [-0.2, 0) is 6.42 Å². The Hall–Kier alpha value is -2.27. The van der Waals surface area contributed by atoms with Crippen molar-refractivity contribution < 1.29 is 9.47 Å². The summed E-state index contributed by atoms with van der Waals surface area (Å²) >= 11 is 5.51. The van der Waals surface area contributed by atoms with Crippen LogP contribution in [0.3, 0.4) is 0 Å². The molecule has 0 bridgehead atoms. The van der Waals surface area contributed by atoms with E-state index in [1.807, 2.05) is 18.2 Å². The van der Waals surface area contributed by atoms with E-state index >= 15 is 0 Å². The lowest BCUT2D eigenvalue weighted by atomic mass is 9.88. The third-order valence-corrected chi connectivity index (χ3v) is 4.55. The average molecular weight is 342 g/mol. The molecule has 1 aliphatic rings. The van der Waals surface area contributed by atoms with Crippen LogP contribution >= 0.6 is 12.2 Å². The summed E-state index contributed by atoms with van der Waals surface area (Å²) in [6.45, 7) is 0. The van der Waals surface area contributed by atoms with Crippen LogP contribution in [0.2, 0.25) is 0 Å². The van der Waals surface area contributed by atoms with Gasteiger partial charge in [0.15, 0.2) is 5.11 Å². The molecule has 2 aromatic rings. The van der Waals surface area contributed by atoms with Gasteiger partial charge in [0.1, 0.15) is 11.5 Å². The topological polar surface area (TPSA) is 42.5 Å². The molecule has 2 aromatic carbocycles. The van der Waals surface area contributed by atoms with Crippen LogP contribution in [0.1, 0.15) is 30.0 Å². The maximum atomic E-state index is 5.51. The zero-order valence-corrected chi connectivity index (χ0v) is 14.8. The smallest absolute Gasteiger partial charge is 0.171 e. The molecule has 1 unspecified atom stereocenters. The molecule has 1 atom stereocenters. The molecule has 0 saturated carbocycles. The van der Waals surface area contributed by atoms with E-state index in [1.165, 1.54) is 17.5 Å². The van der Waals surface area contributed by atoms with Gasteiger partial charge in [0.2, 0.25) is 0 Å². The number of anilines is 1. The predicted octanol–water partition coefficient (Wildman–Crippen LogP) is 4.07. The van der Waals surface area contributed by atoms with Gasteiger partial charge in [-0.15, -0.1) is 0 Å². The lowest BCUT2D eigenvalue weighted by Gasteiger charge is -2.27. The van der Waals surface area contributed by atoms with E-state index in [-0.39, 0.29) is 6.04 Å². The molecule has 0 spiro atoms. The van der Waals surface area contributed by atoms with Crippen LogP contribution in [0.4, 0.5) is 5.69 Å². The molecule has 2 N–H and O–H groups in total.